The second kappa shape index (κ2) is 10.1. The Balaban J connectivity index is 0.00000256. The quantitative estimate of drug-likeness (QED) is 0.273. The fourth-order valence-electron chi connectivity index (χ4n) is 3.67. The molecule has 7 nitrogen and oxygen atoms in total. The molecule has 3 N–H and O–H groups in total. The number of H-pyrrole nitrogens is 1. The summed E-state index contributed by atoms with van der Waals surface area (Å²) in [7, 11) is 1.80. The Kier molecular flexibility index (Phi) is 7.52. The molecule has 1 aliphatic rings. The Morgan fingerprint density at radius 1 is 1.30 bits per heavy atom. The highest BCUT2D eigenvalue weighted by Crippen LogP contribution is 2.22. The van der Waals surface area contributed by atoms with Crippen LogP contribution in [-0.2, 0) is 19.4 Å². The molecule has 2 heterocycles. The topological polar surface area (TPSA) is 82.9 Å². The average Bonchev–Trinajstić information content (AvgIpc) is 3.38. The molecular weight excluding hydrogens is 489 g/mol. The molecule has 30 heavy (non-hydrogen) atoms. The molecule has 1 aliphatic carbocycles. The van der Waals surface area contributed by atoms with Crippen LogP contribution in [0.2, 0.25) is 0 Å². The van der Waals surface area contributed by atoms with Crippen molar-refractivity contribution in [2.45, 2.75) is 51.7 Å². The molecule has 4 rings (SSSR count). The van der Waals surface area contributed by atoms with E-state index in [9.17, 15) is 0 Å². The van der Waals surface area contributed by atoms with Crippen molar-refractivity contribution < 1.29 is 0 Å². The van der Waals surface area contributed by atoms with Crippen molar-refractivity contribution in [3.63, 3.8) is 0 Å². The number of halogens is 1. The number of guanidine groups is 1. The molecule has 2 aromatic heterocycles. The molecule has 1 atom stereocenters. The Morgan fingerprint density at radius 2 is 2.10 bits per heavy atom. The standard InChI is InChI=1S/C22H29N7.HI/c1-15(2)29-14-17-9-10-18(11-19(17)28-29)26-22(23-3)25-13-21-24-12-20(27-21)16-7-5-4-6-8-16;/h4-8,12,14-15,18H,9-11,13H2,1-3H3,(H,24,27)(H2,23,25,26);1H. The van der Waals surface area contributed by atoms with Gasteiger partial charge in [-0.1, -0.05) is 30.3 Å². The number of hydrogen-bond donors (Lipinski definition) is 3. The van der Waals surface area contributed by atoms with E-state index in [2.05, 4.69) is 62.5 Å². The molecule has 0 saturated heterocycles. The van der Waals surface area contributed by atoms with Gasteiger partial charge in [0.15, 0.2) is 5.96 Å². The van der Waals surface area contributed by atoms with E-state index in [4.69, 9.17) is 5.10 Å². The van der Waals surface area contributed by atoms with Gasteiger partial charge in [0.25, 0.3) is 0 Å². The lowest BCUT2D eigenvalue weighted by Crippen LogP contribution is -2.45. The summed E-state index contributed by atoms with van der Waals surface area (Å²) in [5.74, 6) is 1.67. The number of aliphatic imine (C=N–C) groups is 1. The number of rotatable bonds is 5. The average molecular weight is 519 g/mol. The third-order valence-electron chi connectivity index (χ3n) is 5.33. The Hall–Kier alpha value is -2.36. The molecule has 0 amide bonds. The van der Waals surface area contributed by atoms with Crippen LogP contribution in [0.1, 0.15) is 43.4 Å². The summed E-state index contributed by atoms with van der Waals surface area (Å²) in [5, 5.41) is 11.7. The molecule has 0 aliphatic heterocycles. The van der Waals surface area contributed by atoms with E-state index in [1.807, 2.05) is 24.4 Å². The summed E-state index contributed by atoms with van der Waals surface area (Å²) in [4.78, 5) is 12.2. The third kappa shape index (κ3) is 5.21. The van der Waals surface area contributed by atoms with Gasteiger partial charge in [0.05, 0.1) is 24.1 Å². The zero-order chi connectivity index (χ0) is 20.2. The highest BCUT2D eigenvalue weighted by molar-refractivity contribution is 14.0. The zero-order valence-electron chi connectivity index (χ0n) is 17.7. The number of imidazole rings is 1. The molecule has 160 valence electrons. The fourth-order valence-corrected chi connectivity index (χ4v) is 3.67. The maximum absolute atomic E-state index is 4.76. The van der Waals surface area contributed by atoms with Crippen LogP contribution in [-0.4, -0.2) is 38.8 Å². The molecule has 0 spiro atoms. The minimum Gasteiger partial charge on any atom is -0.353 e. The molecular formula is C22H30IN7. The number of fused-ring (bicyclic) bond motifs is 1. The van der Waals surface area contributed by atoms with Crippen LogP contribution >= 0.6 is 24.0 Å². The van der Waals surface area contributed by atoms with Crippen LogP contribution in [0.4, 0.5) is 0 Å². The first kappa shape index (κ1) is 22.3. The Morgan fingerprint density at radius 3 is 2.83 bits per heavy atom. The van der Waals surface area contributed by atoms with Crippen LogP contribution in [0.25, 0.3) is 11.3 Å². The van der Waals surface area contributed by atoms with Crippen molar-refractivity contribution >= 4 is 29.9 Å². The van der Waals surface area contributed by atoms with Crippen molar-refractivity contribution in [1.29, 1.82) is 0 Å². The maximum atomic E-state index is 4.76. The molecule has 0 fully saturated rings. The van der Waals surface area contributed by atoms with E-state index in [0.29, 0.717) is 18.6 Å². The van der Waals surface area contributed by atoms with Crippen molar-refractivity contribution in [2.75, 3.05) is 7.05 Å². The number of aryl methyl sites for hydroxylation is 1. The summed E-state index contributed by atoms with van der Waals surface area (Å²) < 4.78 is 2.07. The van der Waals surface area contributed by atoms with Gasteiger partial charge in [0.1, 0.15) is 5.82 Å². The number of hydrogen-bond acceptors (Lipinski definition) is 3. The van der Waals surface area contributed by atoms with E-state index in [1.165, 1.54) is 11.3 Å². The van der Waals surface area contributed by atoms with Crippen molar-refractivity contribution in [1.82, 2.24) is 30.4 Å². The van der Waals surface area contributed by atoms with Gasteiger partial charge in [0, 0.05) is 31.7 Å². The largest absolute Gasteiger partial charge is 0.353 e. The van der Waals surface area contributed by atoms with Crippen LogP contribution in [0.3, 0.4) is 0 Å². The summed E-state index contributed by atoms with van der Waals surface area (Å²) in [6.45, 7) is 4.92. The van der Waals surface area contributed by atoms with Gasteiger partial charge in [-0.3, -0.25) is 9.67 Å². The van der Waals surface area contributed by atoms with Crippen molar-refractivity contribution in [3.05, 3.63) is 59.8 Å². The van der Waals surface area contributed by atoms with Gasteiger partial charge in [0.2, 0.25) is 0 Å². The van der Waals surface area contributed by atoms with E-state index in [1.54, 1.807) is 7.05 Å². The predicted octanol–water partition coefficient (Wildman–Crippen LogP) is 3.69. The summed E-state index contributed by atoms with van der Waals surface area (Å²) in [6.07, 6.45) is 7.13. The van der Waals surface area contributed by atoms with Gasteiger partial charge in [-0.15, -0.1) is 24.0 Å². The molecule has 0 bridgehead atoms. The number of nitrogens with one attached hydrogen (secondary N) is 3. The predicted molar refractivity (Wildman–Crippen MR) is 131 cm³/mol. The second-order valence-corrected chi connectivity index (χ2v) is 7.79. The fraction of sp³-hybridized carbons (Fsp3) is 0.409. The van der Waals surface area contributed by atoms with Crippen LogP contribution in [0, 0.1) is 0 Å². The molecule has 0 saturated carbocycles. The van der Waals surface area contributed by atoms with Gasteiger partial charge >= 0.3 is 0 Å². The van der Waals surface area contributed by atoms with E-state index in [0.717, 1.165) is 42.3 Å². The molecule has 8 heteroatoms. The molecule has 0 radical (unpaired) electrons. The van der Waals surface area contributed by atoms with Crippen LogP contribution in [0.5, 0.6) is 0 Å². The van der Waals surface area contributed by atoms with E-state index in [-0.39, 0.29) is 24.0 Å². The molecule has 1 unspecified atom stereocenters. The van der Waals surface area contributed by atoms with Crippen molar-refractivity contribution in [3.8, 4) is 11.3 Å². The monoisotopic (exact) mass is 519 g/mol. The molecule has 1 aromatic carbocycles. The summed E-state index contributed by atoms with van der Waals surface area (Å²) in [6, 6.07) is 10.9. The molecule has 3 aromatic rings. The lowest BCUT2D eigenvalue weighted by atomic mass is 9.94. The first-order valence-electron chi connectivity index (χ1n) is 10.3. The van der Waals surface area contributed by atoms with E-state index < -0.39 is 0 Å². The third-order valence-corrected chi connectivity index (χ3v) is 5.33. The van der Waals surface area contributed by atoms with Gasteiger partial charge < -0.3 is 15.6 Å². The normalized spacial score (nSPS) is 16.1. The maximum Gasteiger partial charge on any atom is 0.191 e. The smallest absolute Gasteiger partial charge is 0.191 e. The van der Waals surface area contributed by atoms with Crippen molar-refractivity contribution in [2.24, 2.45) is 4.99 Å². The van der Waals surface area contributed by atoms with Gasteiger partial charge in [-0.05, 0) is 37.8 Å². The first-order valence-corrected chi connectivity index (χ1v) is 10.3. The SMILES string of the molecule is CN=C(NCc1ncc(-c2ccccc2)[nH]1)NC1CCc2cn(C(C)C)nc2C1.I. The highest BCUT2D eigenvalue weighted by atomic mass is 127. The lowest BCUT2D eigenvalue weighted by Gasteiger charge is -2.24. The van der Waals surface area contributed by atoms with Crippen LogP contribution < -0.4 is 10.6 Å². The highest BCUT2D eigenvalue weighted by Gasteiger charge is 2.23. The minimum absolute atomic E-state index is 0. The number of aromatic amines is 1. The second-order valence-electron chi connectivity index (χ2n) is 7.79. The number of nitrogens with zero attached hydrogens (tertiary/aromatic N) is 4. The number of benzene rings is 1. The zero-order valence-corrected chi connectivity index (χ0v) is 20.1. The van der Waals surface area contributed by atoms with Crippen LogP contribution in [0.15, 0.2) is 47.7 Å². The Labute approximate surface area is 194 Å². The van der Waals surface area contributed by atoms with Gasteiger partial charge in [-0.25, -0.2) is 4.98 Å². The van der Waals surface area contributed by atoms with E-state index >= 15 is 0 Å². The summed E-state index contributed by atoms with van der Waals surface area (Å²) >= 11 is 0. The summed E-state index contributed by atoms with van der Waals surface area (Å²) in [5.41, 5.74) is 4.73. The first-order chi connectivity index (χ1) is 14.1. The number of aromatic nitrogens is 4. The Bertz CT molecular complexity index is 975. The van der Waals surface area contributed by atoms with Gasteiger partial charge in [-0.2, -0.15) is 5.10 Å². The lowest BCUT2D eigenvalue weighted by molar-refractivity contribution is 0.499. The minimum atomic E-state index is 0.